The van der Waals surface area contributed by atoms with Crippen LogP contribution in [0, 0.1) is 0 Å². The third-order valence-electron chi connectivity index (χ3n) is 1.47. The molecule has 0 aliphatic rings. The van der Waals surface area contributed by atoms with Crippen LogP contribution in [0.25, 0.3) is 0 Å². The van der Waals surface area contributed by atoms with Crippen LogP contribution in [-0.4, -0.2) is 56.1 Å². The Morgan fingerprint density at radius 1 is 1.58 bits per heavy atom. The molecule has 0 aliphatic carbocycles. The van der Waals surface area contributed by atoms with Crippen molar-refractivity contribution in [3.8, 4) is 0 Å². The van der Waals surface area contributed by atoms with Crippen LogP contribution in [0.15, 0.2) is 0 Å². The molecule has 0 aromatic heterocycles. The number of aliphatic hydroxyl groups is 1. The SMILES string of the molecule is CN(C)CCCNCC(O)C=O. The van der Waals surface area contributed by atoms with E-state index in [4.69, 9.17) is 5.11 Å². The zero-order valence-corrected chi connectivity index (χ0v) is 7.79. The first kappa shape index (κ1) is 11.6. The molecular weight excluding hydrogens is 156 g/mol. The highest BCUT2D eigenvalue weighted by molar-refractivity contribution is 5.55. The van der Waals surface area contributed by atoms with Crippen LogP contribution in [0.5, 0.6) is 0 Å². The zero-order chi connectivity index (χ0) is 9.40. The molecule has 0 amide bonds. The number of aliphatic hydroxyl groups excluding tert-OH is 1. The number of carbonyl (C=O) groups is 1. The second-order valence-corrected chi connectivity index (χ2v) is 3.06. The van der Waals surface area contributed by atoms with Gasteiger partial charge in [0.05, 0.1) is 0 Å². The third-order valence-corrected chi connectivity index (χ3v) is 1.47. The molecule has 0 rings (SSSR count). The normalized spacial score (nSPS) is 13.3. The smallest absolute Gasteiger partial charge is 0.149 e. The summed E-state index contributed by atoms with van der Waals surface area (Å²) in [5.41, 5.74) is 0. The van der Waals surface area contributed by atoms with Gasteiger partial charge in [-0.3, -0.25) is 0 Å². The summed E-state index contributed by atoms with van der Waals surface area (Å²) in [5.74, 6) is 0. The molecule has 0 heterocycles. The predicted octanol–water partition coefficient (Wildman–Crippen LogP) is -0.912. The first-order chi connectivity index (χ1) is 5.66. The standard InChI is InChI=1S/C8H18N2O2/c1-10(2)5-3-4-9-6-8(12)7-11/h7-9,12H,3-6H2,1-2H3. The second kappa shape index (κ2) is 7.21. The Morgan fingerprint density at radius 3 is 2.75 bits per heavy atom. The molecule has 0 aromatic carbocycles. The van der Waals surface area contributed by atoms with Gasteiger partial charge in [0, 0.05) is 6.54 Å². The van der Waals surface area contributed by atoms with Gasteiger partial charge < -0.3 is 20.1 Å². The number of carbonyl (C=O) groups excluding carboxylic acids is 1. The number of nitrogens with zero attached hydrogens (tertiary/aromatic N) is 1. The molecule has 0 saturated carbocycles. The van der Waals surface area contributed by atoms with Crippen molar-refractivity contribution in [2.45, 2.75) is 12.5 Å². The minimum atomic E-state index is -0.857. The highest BCUT2D eigenvalue weighted by Gasteiger charge is 1.98. The minimum Gasteiger partial charge on any atom is -0.384 e. The maximum atomic E-state index is 9.98. The predicted molar refractivity (Wildman–Crippen MR) is 48.1 cm³/mol. The molecule has 2 N–H and O–H groups in total. The Labute approximate surface area is 73.6 Å². The summed E-state index contributed by atoms with van der Waals surface area (Å²) in [7, 11) is 4.03. The van der Waals surface area contributed by atoms with E-state index in [0.29, 0.717) is 12.8 Å². The van der Waals surface area contributed by atoms with Gasteiger partial charge in [0.1, 0.15) is 12.4 Å². The first-order valence-electron chi connectivity index (χ1n) is 4.15. The van der Waals surface area contributed by atoms with Gasteiger partial charge in [0.15, 0.2) is 0 Å². The Bertz CT molecular complexity index is 118. The molecule has 4 heteroatoms. The van der Waals surface area contributed by atoms with Gasteiger partial charge in [-0.25, -0.2) is 0 Å². The molecule has 1 unspecified atom stereocenters. The number of hydrogen-bond acceptors (Lipinski definition) is 4. The lowest BCUT2D eigenvalue weighted by atomic mass is 10.3. The Morgan fingerprint density at radius 2 is 2.25 bits per heavy atom. The van der Waals surface area contributed by atoms with E-state index in [0.717, 1.165) is 19.5 Å². The Kier molecular flexibility index (Phi) is 6.94. The van der Waals surface area contributed by atoms with E-state index >= 15 is 0 Å². The molecular formula is C8H18N2O2. The van der Waals surface area contributed by atoms with Crippen molar-refractivity contribution in [2.75, 3.05) is 33.7 Å². The topological polar surface area (TPSA) is 52.6 Å². The summed E-state index contributed by atoms with van der Waals surface area (Å²) < 4.78 is 0. The summed E-state index contributed by atoms with van der Waals surface area (Å²) in [6, 6.07) is 0. The number of hydrogen-bond donors (Lipinski definition) is 2. The molecule has 12 heavy (non-hydrogen) atoms. The van der Waals surface area contributed by atoms with Crippen LogP contribution < -0.4 is 5.32 Å². The molecule has 1 atom stereocenters. The summed E-state index contributed by atoms with van der Waals surface area (Å²) in [5, 5.41) is 11.8. The zero-order valence-electron chi connectivity index (χ0n) is 7.79. The third kappa shape index (κ3) is 7.65. The van der Waals surface area contributed by atoms with E-state index in [1.54, 1.807) is 0 Å². The lowest BCUT2D eigenvalue weighted by Gasteiger charge is -2.10. The molecule has 4 nitrogen and oxygen atoms in total. The summed E-state index contributed by atoms with van der Waals surface area (Å²) in [4.78, 5) is 12.1. The molecule has 72 valence electrons. The number of nitrogens with one attached hydrogen (secondary N) is 1. The first-order valence-corrected chi connectivity index (χ1v) is 4.15. The molecule has 0 saturated heterocycles. The van der Waals surface area contributed by atoms with E-state index in [9.17, 15) is 4.79 Å². The van der Waals surface area contributed by atoms with Crippen molar-refractivity contribution in [3.63, 3.8) is 0 Å². The monoisotopic (exact) mass is 174 g/mol. The molecule has 0 bridgehead atoms. The van der Waals surface area contributed by atoms with Crippen LogP contribution >= 0.6 is 0 Å². The second-order valence-electron chi connectivity index (χ2n) is 3.06. The van der Waals surface area contributed by atoms with Crippen LogP contribution in [-0.2, 0) is 4.79 Å². The van der Waals surface area contributed by atoms with E-state index < -0.39 is 6.10 Å². The van der Waals surface area contributed by atoms with Gasteiger partial charge in [-0.1, -0.05) is 0 Å². The van der Waals surface area contributed by atoms with Gasteiger partial charge in [0.25, 0.3) is 0 Å². The maximum absolute atomic E-state index is 9.98. The lowest BCUT2D eigenvalue weighted by molar-refractivity contribution is -0.114. The van der Waals surface area contributed by atoms with Crippen molar-refractivity contribution < 1.29 is 9.90 Å². The summed E-state index contributed by atoms with van der Waals surface area (Å²) >= 11 is 0. The van der Waals surface area contributed by atoms with Gasteiger partial charge >= 0.3 is 0 Å². The molecule has 0 radical (unpaired) electrons. The van der Waals surface area contributed by atoms with Crippen LogP contribution in [0.4, 0.5) is 0 Å². The fourth-order valence-corrected chi connectivity index (χ4v) is 0.818. The quantitative estimate of drug-likeness (QED) is 0.387. The van der Waals surface area contributed by atoms with Gasteiger partial charge in [0.2, 0.25) is 0 Å². The highest BCUT2D eigenvalue weighted by atomic mass is 16.3. The van der Waals surface area contributed by atoms with Crippen molar-refractivity contribution in [1.29, 1.82) is 0 Å². The fourth-order valence-electron chi connectivity index (χ4n) is 0.818. The van der Waals surface area contributed by atoms with E-state index in [1.807, 2.05) is 14.1 Å². The van der Waals surface area contributed by atoms with Gasteiger partial charge in [-0.15, -0.1) is 0 Å². The van der Waals surface area contributed by atoms with E-state index in [1.165, 1.54) is 0 Å². The molecule has 0 aliphatic heterocycles. The fraction of sp³-hybridized carbons (Fsp3) is 0.875. The van der Waals surface area contributed by atoms with Crippen molar-refractivity contribution >= 4 is 6.29 Å². The largest absolute Gasteiger partial charge is 0.384 e. The Balaban J connectivity index is 3.05. The number of rotatable bonds is 7. The van der Waals surface area contributed by atoms with Crippen LogP contribution in [0.3, 0.4) is 0 Å². The highest BCUT2D eigenvalue weighted by Crippen LogP contribution is 1.81. The Hall–Kier alpha value is -0.450. The van der Waals surface area contributed by atoms with Crippen LogP contribution in [0.1, 0.15) is 6.42 Å². The minimum absolute atomic E-state index is 0.358. The summed E-state index contributed by atoms with van der Waals surface area (Å²) in [6.07, 6.45) is 0.710. The average Bonchev–Trinajstić information content (AvgIpc) is 2.03. The van der Waals surface area contributed by atoms with Crippen molar-refractivity contribution in [1.82, 2.24) is 10.2 Å². The van der Waals surface area contributed by atoms with Crippen molar-refractivity contribution in [3.05, 3.63) is 0 Å². The molecule has 0 fully saturated rings. The van der Waals surface area contributed by atoms with Gasteiger partial charge in [-0.05, 0) is 33.6 Å². The average molecular weight is 174 g/mol. The number of aldehydes is 1. The molecule has 0 spiro atoms. The summed E-state index contributed by atoms with van der Waals surface area (Å²) in [6.45, 7) is 2.21. The lowest BCUT2D eigenvalue weighted by Crippen LogP contribution is -2.29. The van der Waals surface area contributed by atoms with E-state index in [-0.39, 0.29) is 0 Å². The maximum Gasteiger partial charge on any atom is 0.149 e. The van der Waals surface area contributed by atoms with Crippen LogP contribution in [0.2, 0.25) is 0 Å². The molecule has 0 aromatic rings. The van der Waals surface area contributed by atoms with Crippen molar-refractivity contribution in [2.24, 2.45) is 0 Å². The van der Waals surface area contributed by atoms with Gasteiger partial charge in [-0.2, -0.15) is 0 Å². The van der Waals surface area contributed by atoms with E-state index in [2.05, 4.69) is 10.2 Å².